The van der Waals surface area contributed by atoms with Crippen molar-refractivity contribution < 1.29 is 29.3 Å². The molecule has 1 saturated heterocycles. The summed E-state index contributed by atoms with van der Waals surface area (Å²) in [5.41, 5.74) is 2.17. The smallest absolute Gasteiger partial charge is 0.259 e. The summed E-state index contributed by atoms with van der Waals surface area (Å²) >= 11 is 0. The Hall–Kier alpha value is -4.74. The van der Waals surface area contributed by atoms with Crippen LogP contribution in [-0.2, 0) is 0 Å². The highest BCUT2D eigenvalue weighted by Gasteiger charge is 2.23. The van der Waals surface area contributed by atoms with Crippen molar-refractivity contribution >= 4 is 23.2 Å². The Labute approximate surface area is 269 Å². The third-order valence-electron chi connectivity index (χ3n) is 7.59. The molecule has 0 aliphatic carbocycles. The second kappa shape index (κ2) is 16.5. The van der Waals surface area contributed by atoms with Gasteiger partial charge in [0.05, 0.1) is 11.1 Å². The number of para-hydroxylation sites is 4. The Morgan fingerprint density at radius 1 is 0.565 bits per heavy atom. The Balaban J connectivity index is 1.02. The van der Waals surface area contributed by atoms with Gasteiger partial charge in [-0.15, -0.1) is 0 Å². The van der Waals surface area contributed by atoms with Crippen LogP contribution in [0.25, 0.3) is 0 Å². The largest absolute Gasteiger partial charge is 0.490 e. The number of anilines is 2. The van der Waals surface area contributed by atoms with Gasteiger partial charge < -0.3 is 30.3 Å². The normalized spacial score (nSPS) is 15.0. The summed E-state index contributed by atoms with van der Waals surface area (Å²) in [7, 11) is 0. The molecule has 0 aromatic heterocycles. The summed E-state index contributed by atoms with van der Waals surface area (Å²) in [5, 5.41) is 27.1. The monoisotopic (exact) mass is 624 g/mol. The number of amides is 2. The zero-order chi connectivity index (χ0) is 32.1. The van der Waals surface area contributed by atoms with E-state index in [0.717, 1.165) is 26.2 Å². The van der Waals surface area contributed by atoms with Gasteiger partial charge in [0.25, 0.3) is 11.8 Å². The minimum absolute atomic E-state index is 0.0523. The molecule has 1 heterocycles. The number of aliphatic hydroxyl groups is 2. The molecular formula is C36H40N4O6. The first kappa shape index (κ1) is 32.6. The molecule has 1 aliphatic rings. The predicted molar refractivity (Wildman–Crippen MR) is 178 cm³/mol. The minimum atomic E-state index is -0.741. The molecule has 0 saturated carbocycles. The van der Waals surface area contributed by atoms with Gasteiger partial charge in [0, 0.05) is 50.6 Å². The van der Waals surface area contributed by atoms with Crippen LogP contribution in [0.2, 0.25) is 0 Å². The molecule has 0 spiro atoms. The molecule has 10 heteroatoms. The van der Waals surface area contributed by atoms with Gasteiger partial charge in [-0.3, -0.25) is 19.4 Å². The molecule has 5 rings (SSSR count). The molecule has 0 unspecified atom stereocenters. The second-order valence-corrected chi connectivity index (χ2v) is 11.2. The summed E-state index contributed by atoms with van der Waals surface area (Å²) < 4.78 is 11.7. The van der Waals surface area contributed by atoms with Crippen molar-refractivity contribution in [3.63, 3.8) is 0 Å². The molecule has 0 bridgehead atoms. The lowest BCUT2D eigenvalue weighted by Gasteiger charge is -2.36. The first-order valence-electron chi connectivity index (χ1n) is 15.4. The lowest BCUT2D eigenvalue weighted by atomic mass is 10.1. The van der Waals surface area contributed by atoms with Crippen molar-refractivity contribution in [3.8, 4) is 11.5 Å². The Kier molecular flexibility index (Phi) is 11.7. The Bertz CT molecular complexity index is 1430. The molecule has 1 fully saturated rings. The Morgan fingerprint density at radius 3 is 1.30 bits per heavy atom. The van der Waals surface area contributed by atoms with Crippen LogP contribution in [0.4, 0.5) is 11.4 Å². The number of rotatable bonds is 14. The lowest BCUT2D eigenvalue weighted by Crippen LogP contribution is -2.51. The number of aliphatic hydroxyl groups excluding tert-OH is 2. The predicted octanol–water partition coefficient (Wildman–Crippen LogP) is 3.99. The van der Waals surface area contributed by atoms with Crippen molar-refractivity contribution in [1.82, 2.24) is 9.80 Å². The summed E-state index contributed by atoms with van der Waals surface area (Å²) in [6, 6.07) is 32.4. The van der Waals surface area contributed by atoms with Gasteiger partial charge in [-0.2, -0.15) is 0 Å². The van der Waals surface area contributed by atoms with E-state index in [1.54, 1.807) is 48.5 Å². The summed E-state index contributed by atoms with van der Waals surface area (Å²) in [4.78, 5) is 29.9. The van der Waals surface area contributed by atoms with E-state index < -0.39 is 12.2 Å². The van der Waals surface area contributed by atoms with Crippen LogP contribution in [0.5, 0.6) is 11.5 Å². The molecule has 2 atom stereocenters. The third kappa shape index (κ3) is 9.63. The first-order valence-corrected chi connectivity index (χ1v) is 15.4. The van der Waals surface area contributed by atoms with E-state index in [4.69, 9.17) is 9.47 Å². The molecule has 4 aromatic rings. The van der Waals surface area contributed by atoms with E-state index in [0.29, 0.717) is 47.1 Å². The van der Waals surface area contributed by atoms with Crippen LogP contribution in [0.1, 0.15) is 20.7 Å². The highest BCUT2D eigenvalue weighted by Crippen LogP contribution is 2.22. The van der Waals surface area contributed by atoms with E-state index in [1.807, 2.05) is 60.7 Å². The molecule has 2 amide bonds. The number of carbonyl (C=O) groups excluding carboxylic acids is 2. The number of hydrogen-bond acceptors (Lipinski definition) is 8. The van der Waals surface area contributed by atoms with E-state index >= 15 is 0 Å². The fraction of sp³-hybridized carbons (Fsp3) is 0.278. The van der Waals surface area contributed by atoms with Crippen LogP contribution in [0.15, 0.2) is 109 Å². The van der Waals surface area contributed by atoms with Gasteiger partial charge >= 0.3 is 0 Å². The average molecular weight is 625 g/mol. The van der Waals surface area contributed by atoms with E-state index in [1.165, 1.54) is 0 Å². The van der Waals surface area contributed by atoms with Crippen LogP contribution in [0, 0.1) is 0 Å². The third-order valence-corrected chi connectivity index (χ3v) is 7.59. The molecule has 4 aromatic carbocycles. The zero-order valence-corrected chi connectivity index (χ0v) is 25.6. The van der Waals surface area contributed by atoms with Crippen molar-refractivity contribution in [1.29, 1.82) is 0 Å². The zero-order valence-electron chi connectivity index (χ0n) is 25.6. The van der Waals surface area contributed by atoms with Crippen molar-refractivity contribution in [2.24, 2.45) is 0 Å². The Morgan fingerprint density at radius 2 is 0.913 bits per heavy atom. The standard InChI is InChI=1S/C36H40N4O6/c41-29(25-45-33-17-9-7-15-31(33)35(43)37-27-11-3-1-4-12-27)23-39-19-21-40(22-20-39)24-30(42)26-46-34-18-10-8-16-32(34)36(44)38-28-13-5-2-6-14-28/h1-18,29-30,41-42H,19-26H2,(H,37,43)(H,38,44)/t29-,30-/m0/s1. The van der Waals surface area contributed by atoms with Gasteiger partial charge in [0.2, 0.25) is 0 Å². The minimum Gasteiger partial charge on any atom is -0.490 e. The number of nitrogens with zero attached hydrogens (tertiary/aromatic N) is 2. The number of carbonyl (C=O) groups is 2. The fourth-order valence-electron chi connectivity index (χ4n) is 5.23. The van der Waals surface area contributed by atoms with E-state index in [2.05, 4.69) is 20.4 Å². The molecule has 1 aliphatic heterocycles. The molecule has 46 heavy (non-hydrogen) atoms. The van der Waals surface area contributed by atoms with E-state index in [9.17, 15) is 19.8 Å². The SMILES string of the molecule is O=C(Nc1ccccc1)c1ccccc1OC[C@@H](O)CN1CCN(C[C@H](O)COc2ccccc2C(=O)Nc2ccccc2)CC1. The maximum Gasteiger partial charge on any atom is 0.259 e. The highest BCUT2D eigenvalue weighted by molar-refractivity contribution is 6.06. The van der Waals surface area contributed by atoms with Gasteiger partial charge in [-0.05, 0) is 48.5 Å². The van der Waals surface area contributed by atoms with Gasteiger partial charge in [0.15, 0.2) is 0 Å². The van der Waals surface area contributed by atoms with Crippen LogP contribution in [0.3, 0.4) is 0 Å². The number of ether oxygens (including phenoxy) is 2. The number of benzene rings is 4. The average Bonchev–Trinajstić information content (AvgIpc) is 3.08. The topological polar surface area (TPSA) is 124 Å². The van der Waals surface area contributed by atoms with Crippen LogP contribution >= 0.6 is 0 Å². The summed E-state index contributed by atoms with van der Waals surface area (Å²) in [6.45, 7) is 3.87. The van der Waals surface area contributed by atoms with Crippen molar-refractivity contribution in [2.75, 3.05) is 63.1 Å². The first-order chi connectivity index (χ1) is 22.4. The molecule has 0 radical (unpaired) electrons. The molecule has 4 N–H and O–H groups in total. The lowest BCUT2D eigenvalue weighted by molar-refractivity contribution is 0.0239. The fourth-order valence-corrected chi connectivity index (χ4v) is 5.23. The summed E-state index contributed by atoms with van der Waals surface area (Å²) in [6.07, 6.45) is -1.48. The number of piperazine rings is 1. The van der Waals surface area contributed by atoms with Crippen molar-refractivity contribution in [2.45, 2.75) is 12.2 Å². The summed E-state index contributed by atoms with van der Waals surface area (Å²) in [5.74, 6) is 0.265. The quantitative estimate of drug-likeness (QED) is 0.166. The molecule has 10 nitrogen and oxygen atoms in total. The van der Waals surface area contributed by atoms with Gasteiger partial charge in [-0.1, -0.05) is 60.7 Å². The van der Waals surface area contributed by atoms with Crippen molar-refractivity contribution in [3.05, 3.63) is 120 Å². The van der Waals surface area contributed by atoms with Crippen LogP contribution < -0.4 is 20.1 Å². The molecule has 240 valence electrons. The van der Waals surface area contributed by atoms with E-state index in [-0.39, 0.29) is 25.0 Å². The number of hydrogen-bond donors (Lipinski definition) is 4. The second-order valence-electron chi connectivity index (χ2n) is 11.2. The highest BCUT2D eigenvalue weighted by atomic mass is 16.5. The maximum atomic E-state index is 12.8. The van der Waals surface area contributed by atoms with Gasteiger partial charge in [-0.25, -0.2) is 0 Å². The number of nitrogens with one attached hydrogen (secondary N) is 2. The van der Waals surface area contributed by atoms with Gasteiger partial charge in [0.1, 0.15) is 36.9 Å². The number of β-amino-alcohol motifs (C(OH)–C–C–N with tert-alkyl or cyclic N) is 2. The maximum absolute atomic E-state index is 12.8. The van der Waals surface area contributed by atoms with Crippen LogP contribution in [-0.4, -0.2) is 96.5 Å². The molecular weight excluding hydrogens is 584 g/mol.